The lowest BCUT2D eigenvalue weighted by molar-refractivity contribution is 0.241. The summed E-state index contributed by atoms with van der Waals surface area (Å²) in [6.45, 7) is 7.08. The predicted octanol–water partition coefficient (Wildman–Crippen LogP) is 5.22. The summed E-state index contributed by atoms with van der Waals surface area (Å²) in [5, 5.41) is -0.104. The third-order valence-corrected chi connectivity index (χ3v) is 6.30. The highest BCUT2D eigenvalue weighted by atomic mass is 16.5. The predicted molar refractivity (Wildman–Crippen MR) is 151 cm³/mol. The van der Waals surface area contributed by atoms with Gasteiger partial charge in [0.2, 0.25) is 10.9 Å². The largest absolute Gasteiger partial charge is 0.486 e. The molecular weight excluding hydrogens is 480 g/mol. The summed E-state index contributed by atoms with van der Waals surface area (Å²) in [7, 11) is 0. The van der Waals surface area contributed by atoms with Crippen molar-refractivity contribution in [3.63, 3.8) is 0 Å². The molecule has 0 unspecified atom stereocenters. The van der Waals surface area contributed by atoms with E-state index in [2.05, 4.69) is 0 Å². The highest BCUT2D eigenvalue weighted by molar-refractivity contribution is 6.11. The Balaban J connectivity index is 2.04. The van der Waals surface area contributed by atoms with Crippen molar-refractivity contribution in [3.05, 3.63) is 114 Å². The van der Waals surface area contributed by atoms with Crippen molar-refractivity contribution < 1.29 is 9.47 Å². The molecule has 0 fully saturated rings. The topological polar surface area (TPSA) is 86.7 Å². The lowest BCUT2D eigenvalue weighted by atomic mass is 9.92. The summed E-state index contributed by atoms with van der Waals surface area (Å²) in [5.41, 5.74) is -0.988. The van der Waals surface area contributed by atoms with Gasteiger partial charge in [-0.25, -0.2) is 0 Å². The molecule has 6 heteroatoms. The Kier molecular flexibility index (Phi) is 6.41. The van der Waals surface area contributed by atoms with Crippen LogP contribution in [0.4, 0.5) is 0 Å². The van der Waals surface area contributed by atoms with E-state index in [-0.39, 0.29) is 56.4 Å². The van der Waals surface area contributed by atoms with Gasteiger partial charge in [0.15, 0.2) is 22.4 Å². The number of rotatable bonds is 6. The monoisotopic (exact) mass is 506 g/mol. The van der Waals surface area contributed by atoms with Crippen LogP contribution in [0.5, 0.6) is 11.5 Å². The van der Waals surface area contributed by atoms with Crippen molar-refractivity contribution in [1.82, 2.24) is 0 Å². The SMILES string of the molecule is CC(C)Oc1c(-c2ccccc2)c(=O)c2c(ccc3c(=O)c(OC(C)C)c(-c4ccccc4)c(=O)c32)c1=O. The maximum absolute atomic E-state index is 14.2. The first kappa shape index (κ1) is 25.1. The molecule has 38 heavy (non-hydrogen) atoms. The molecular formula is C32H26O6. The Bertz CT molecular complexity index is 1740. The van der Waals surface area contributed by atoms with Gasteiger partial charge in [-0.15, -0.1) is 0 Å². The smallest absolute Gasteiger partial charge is 0.229 e. The normalized spacial score (nSPS) is 11.5. The van der Waals surface area contributed by atoms with Crippen LogP contribution in [0.1, 0.15) is 27.7 Å². The van der Waals surface area contributed by atoms with Gasteiger partial charge in [0.05, 0.1) is 23.3 Å². The molecule has 0 amide bonds. The van der Waals surface area contributed by atoms with E-state index in [0.717, 1.165) is 0 Å². The highest BCUT2D eigenvalue weighted by Gasteiger charge is 2.27. The van der Waals surface area contributed by atoms with E-state index in [0.29, 0.717) is 11.1 Å². The molecule has 0 aliphatic carbocycles. The van der Waals surface area contributed by atoms with Gasteiger partial charge in [-0.1, -0.05) is 60.7 Å². The second-order valence-corrected chi connectivity index (χ2v) is 9.70. The van der Waals surface area contributed by atoms with Crippen molar-refractivity contribution in [1.29, 1.82) is 0 Å². The van der Waals surface area contributed by atoms with Crippen molar-refractivity contribution in [2.45, 2.75) is 39.9 Å². The quantitative estimate of drug-likeness (QED) is 0.294. The highest BCUT2D eigenvalue weighted by Crippen LogP contribution is 2.32. The molecule has 0 heterocycles. The maximum atomic E-state index is 14.2. The number of ether oxygens (including phenoxy) is 2. The first-order valence-electron chi connectivity index (χ1n) is 12.5. The summed E-state index contributed by atoms with van der Waals surface area (Å²) in [6, 6.07) is 20.3. The molecule has 6 nitrogen and oxygen atoms in total. The van der Waals surface area contributed by atoms with Crippen LogP contribution >= 0.6 is 0 Å². The summed E-state index contributed by atoms with van der Waals surface area (Å²) < 4.78 is 11.7. The fourth-order valence-electron chi connectivity index (χ4n) is 4.81. The van der Waals surface area contributed by atoms with Crippen LogP contribution in [0.15, 0.2) is 92.0 Å². The van der Waals surface area contributed by atoms with Crippen molar-refractivity contribution >= 4 is 21.5 Å². The number of benzene rings is 5. The van der Waals surface area contributed by atoms with Gasteiger partial charge in [0, 0.05) is 21.5 Å². The summed E-state index contributed by atoms with van der Waals surface area (Å²) in [5.74, 6) is -0.137. The van der Waals surface area contributed by atoms with Gasteiger partial charge < -0.3 is 9.47 Å². The third kappa shape index (κ3) is 4.08. The first-order chi connectivity index (χ1) is 18.2. The van der Waals surface area contributed by atoms with E-state index in [9.17, 15) is 19.2 Å². The van der Waals surface area contributed by atoms with Crippen molar-refractivity contribution in [3.8, 4) is 33.8 Å². The van der Waals surface area contributed by atoms with Crippen molar-refractivity contribution in [2.75, 3.05) is 0 Å². The standard InChI is InChI=1S/C32H26O6/c1-17(2)37-31-23(19-11-7-5-8-12-19)29(35)25-21(27(31)33)15-16-22-26(25)30(36)24(20-13-9-6-10-14-20)32(28(22)34)38-18(3)4/h5-18H,1-4H3. The lowest BCUT2D eigenvalue weighted by Crippen LogP contribution is -2.25. The van der Waals surface area contributed by atoms with Gasteiger partial charge in [-0.2, -0.15) is 0 Å². The van der Waals surface area contributed by atoms with Crippen molar-refractivity contribution in [2.24, 2.45) is 0 Å². The Morgan fingerprint density at radius 1 is 0.474 bits per heavy atom. The van der Waals surface area contributed by atoms with Gasteiger partial charge in [0.25, 0.3) is 0 Å². The molecule has 190 valence electrons. The van der Waals surface area contributed by atoms with Crippen LogP contribution in [-0.2, 0) is 0 Å². The van der Waals surface area contributed by atoms with E-state index in [1.165, 1.54) is 12.1 Å². The Labute approximate surface area is 218 Å². The van der Waals surface area contributed by atoms with Crippen LogP contribution in [0.2, 0.25) is 0 Å². The number of hydrogen-bond acceptors (Lipinski definition) is 6. The molecule has 0 radical (unpaired) electrons. The van der Waals surface area contributed by atoms with Gasteiger partial charge >= 0.3 is 0 Å². The molecule has 0 bridgehead atoms. The minimum atomic E-state index is -0.542. The van der Waals surface area contributed by atoms with E-state index in [1.807, 2.05) is 0 Å². The zero-order chi connectivity index (χ0) is 27.1. The lowest BCUT2D eigenvalue weighted by Gasteiger charge is -2.17. The summed E-state index contributed by atoms with van der Waals surface area (Å²) in [4.78, 5) is 55.9. The van der Waals surface area contributed by atoms with Gasteiger partial charge in [-0.05, 0) is 51.0 Å². The third-order valence-electron chi connectivity index (χ3n) is 6.30. The van der Waals surface area contributed by atoms with Gasteiger partial charge in [0.1, 0.15) is 0 Å². The van der Waals surface area contributed by atoms with Crippen LogP contribution in [0.3, 0.4) is 0 Å². The van der Waals surface area contributed by atoms with Crippen LogP contribution < -0.4 is 31.2 Å². The van der Waals surface area contributed by atoms with Gasteiger partial charge in [-0.3, -0.25) is 19.2 Å². The zero-order valence-corrected chi connectivity index (χ0v) is 21.5. The van der Waals surface area contributed by atoms with Crippen LogP contribution in [0.25, 0.3) is 43.8 Å². The molecule has 0 saturated carbocycles. The minimum Gasteiger partial charge on any atom is -0.486 e. The maximum Gasteiger partial charge on any atom is 0.229 e. The summed E-state index contributed by atoms with van der Waals surface area (Å²) >= 11 is 0. The molecule has 5 aromatic carbocycles. The molecule has 0 spiro atoms. The second-order valence-electron chi connectivity index (χ2n) is 9.70. The Morgan fingerprint density at radius 2 is 0.816 bits per heavy atom. The van der Waals surface area contributed by atoms with E-state index in [1.54, 1.807) is 88.4 Å². The molecule has 0 N–H and O–H groups in total. The van der Waals surface area contributed by atoms with E-state index >= 15 is 0 Å². The van der Waals surface area contributed by atoms with Crippen LogP contribution in [-0.4, -0.2) is 12.2 Å². The average molecular weight is 507 g/mol. The number of fused-ring (bicyclic) bond motifs is 3. The molecule has 0 aliphatic heterocycles. The fourth-order valence-corrected chi connectivity index (χ4v) is 4.81. The Hall–Kier alpha value is -4.58. The fraction of sp³-hybridized carbons (Fsp3) is 0.188. The zero-order valence-electron chi connectivity index (χ0n) is 21.5. The van der Waals surface area contributed by atoms with Crippen LogP contribution in [0, 0.1) is 0 Å². The molecule has 0 aliphatic rings. The second kappa shape index (κ2) is 9.71. The Morgan fingerprint density at radius 3 is 1.13 bits per heavy atom. The molecule has 0 aromatic heterocycles. The first-order valence-corrected chi connectivity index (χ1v) is 12.5. The van der Waals surface area contributed by atoms with E-state index in [4.69, 9.17) is 9.47 Å². The summed E-state index contributed by atoms with van der Waals surface area (Å²) in [6.07, 6.45) is -0.739. The minimum absolute atomic E-state index is 0.0332. The number of hydrogen-bond donors (Lipinski definition) is 0. The average Bonchev–Trinajstić information content (AvgIpc) is 2.90. The molecule has 5 aromatic rings. The molecule has 5 rings (SSSR count). The molecule has 0 saturated heterocycles. The van der Waals surface area contributed by atoms with E-state index < -0.39 is 21.7 Å². The molecule has 0 atom stereocenters.